The van der Waals surface area contributed by atoms with Gasteiger partial charge in [-0.05, 0) is 25.1 Å². The Morgan fingerprint density at radius 1 is 0.939 bits per heavy atom. The number of nitrogens with zero attached hydrogens (tertiary/aromatic N) is 1. The molecule has 3 aromatic carbocycles. The molecule has 0 saturated heterocycles. The zero-order valence-corrected chi connectivity index (χ0v) is 19.7. The van der Waals surface area contributed by atoms with Gasteiger partial charge in [0.2, 0.25) is 0 Å². The Balaban J connectivity index is 1.58. The summed E-state index contributed by atoms with van der Waals surface area (Å²) in [6.45, 7) is 4.57. The van der Waals surface area contributed by atoms with Gasteiger partial charge < -0.3 is 20.1 Å². The number of hydrogen-bond donors (Lipinski definition) is 2. The van der Waals surface area contributed by atoms with Gasteiger partial charge in [0, 0.05) is 47.9 Å². The first kappa shape index (κ1) is 24.6. The molecule has 2 N–H and O–H groups in total. The molecule has 174 valence electrons. The molecule has 0 radical (unpaired) electrons. The van der Waals surface area contributed by atoms with E-state index in [4.69, 9.17) is 32.7 Å². The lowest BCUT2D eigenvalue weighted by molar-refractivity contribution is -0.384. The van der Waals surface area contributed by atoms with Crippen molar-refractivity contribution in [2.75, 3.05) is 25.0 Å². The molecule has 0 spiro atoms. The van der Waals surface area contributed by atoms with Gasteiger partial charge in [-0.25, -0.2) is 0 Å². The van der Waals surface area contributed by atoms with E-state index in [1.54, 1.807) is 6.07 Å². The lowest BCUT2D eigenvalue weighted by atomic mass is 10.1. The van der Waals surface area contributed by atoms with Crippen molar-refractivity contribution in [2.24, 2.45) is 0 Å². The van der Waals surface area contributed by atoms with E-state index in [0.717, 1.165) is 11.1 Å². The molecule has 0 bridgehead atoms. The molecule has 0 unspecified atom stereocenters. The van der Waals surface area contributed by atoms with Crippen molar-refractivity contribution in [3.8, 4) is 11.5 Å². The molecule has 0 saturated carbocycles. The van der Waals surface area contributed by atoms with Crippen LogP contribution in [0.15, 0.2) is 60.7 Å². The highest BCUT2D eigenvalue weighted by Crippen LogP contribution is 2.33. The second-order valence-electron chi connectivity index (χ2n) is 7.08. The maximum Gasteiger partial charge on any atom is 0.271 e. The van der Waals surface area contributed by atoms with Gasteiger partial charge in [0.1, 0.15) is 6.61 Å². The van der Waals surface area contributed by atoms with Gasteiger partial charge >= 0.3 is 0 Å². The van der Waals surface area contributed by atoms with Gasteiger partial charge in [-0.15, -0.1) is 0 Å². The Hall–Kier alpha value is -3.00. The van der Waals surface area contributed by atoms with Crippen LogP contribution in [0.25, 0.3) is 0 Å². The fourth-order valence-corrected chi connectivity index (χ4v) is 3.60. The normalized spacial score (nSPS) is 10.6. The second-order valence-corrected chi connectivity index (χ2v) is 7.90. The lowest BCUT2D eigenvalue weighted by Crippen LogP contribution is -2.22. The molecule has 3 aromatic rings. The van der Waals surface area contributed by atoms with Crippen molar-refractivity contribution in [3.05, 3.63) is 92.0 Å². The Labute approximate surface area is 202 Å². The minimum Gasteiger partial charge on any atom is -0.490 e. The smallest absolute Gasteiger partial charge is 0.271 e. The van der Waals surface area contributed by atoms with Gasteiger partial charge in [0.05, 0.1) is 22.2 Å². The van der Waals surface area contributed by atoms with Crippen LogP contribution >= 0.6 is 23.2 Å². The minimum atomic E-state index is -0.473. The quantitative estimate of drug-likeness (QED) is 0.182. The van der Waals surface area contributed by atoms with Crippen LogP contribution in [0, 0.1) is 10.1 Å². The van der Waals surface area contributed by atoms with E-state index in [1.807, 2.05) is 49.4 Å². The van der Waals surface area contributed by atoms with Gasteiger partial charge in [0.15, 0.2) is 11.5 Å². The number of nitrogens with one attached hydrogen (secondary N) is 2. The Morgan fingerprint density at radius 3 is 2.45 bits per heavy atom. The number of hydrogen-bond acceptors (Lipinski definition) is 6. The summed E-state index contributed by atoms with van der Waals surface area (Å²) in [5, 5.41) is 18.3. The number of benzene rings is 3. The molecule has 33 heavy (non-hydrogen) atoms. The summed E-state index contributed by atoms with van der Waals surface area (Å²) in [5.74, 6) is 1.36. The summed E-state index contributed by atoms with van der Waals surface area (Å²) in [6.07, 6.45) is 0. The number of nitro groups is 1. The molecule has 0 heterocycles. The second kappa shape index (κ2) is 12.3. The first-order chi connectivity index (χ1) is 16.0. The van der Waals surface area contributed by atoms with Gasteiger partial charge in [-0.3, -0.25) is 10.1 Å². The standard InChI is InChI=1S/C24H25Cl2N3O4/c1-2-32-23-9-5-7-17(24(23)33-16-18-6-3-4-8-20(18)25)15-27-12-13-28-22-11-10-19(29(30)31)14-21(22)26/h3-11,14,27-28H,2,12-13,15-16H2,1H3. The molecular formula is C24H25Cl2N3O4. The van der Waals surface area contributed by atoms with E-state index in [9.17, 15) is 10.1 Å². The average Bonchev–Trinajstić information content (AvgIpc) is 2.80. The number of para-hydroxylation sites is 1. The van der Waals surface area contributed by atoms with Gasteiger partial charge in [0.25, 0.3) is 5.69 Å². The van der Waals surface area contributed by atoms with Crippen molar-refractivity contribution in [2.45, 2.75) is 20.1 Å². The zero-order valence-electron chi connectivity index (χ0n) is 18.1. The molecule has 0 aromatic heterocycles. The van der Waals surface area contributed by atoms with E-state index >= 15 is 0 Å². The third-order valence-electron chi connectivity index (χ3n) is 4.79. The van der Waals surface area contributed by atoms with Crippen LogP contribution in [0.3, 0.4) is 0 Å². The molecule has 3 rings (SSSR count). The maximum atomic E-state index is 10.8. The van der Waals surface area contributed by atoms with E-state index < -0.39 is 4.92 Å². The average molecular weight is 490 g/mol. The van der Waals surface area contributed by atoms with Gasteiger partial charge in [-0.2, -0.15) is 0 Å². The van der Waals surface area contributed by atoms with Crippen LogP contribution < -0.4 is 20.1 Å². The fraction of sp³-hybridized carbons (Fsp3) is 0.250. The van der Waals surface area contributed by atoms with Crippen LogP contribution in [-0.4, -0.2) is 24.6 Å². The van der Waals surface area contributed by atoms with Crippen molar-refractivity contribution >= 4 is 34.6 Å². The van der Waals surface area contributed by atoms with Crippen molar-refractivity contribution < 1.29 is 14.4 Å². The predicted molar refractivity (Wildman–Crippen MR) is 132 cm³/mol. The number of halogens is 2. The van der Waals surface area contributed by atoms with Crippen LogP contribution in [-0.2, 0) is 13.2 Å². The highest BCUT2D eigenvalue weighted by molar-refractivity contribution is 6.33. The van der Waals surface area contributed by atoms with Crippen LogP contribution in [0.4, 0.5) is 11.4 Å². The first-order valence-corrected chi connectivity index (χ1v) is 11.2. The fourth-order valence-electron chi connectivity index (χ4n) is 3.17. The Morgan fingerprint density at radius 2 is 1.73 bits per heavy atom. The topological polar surface area (TPSA) is 85.7 Å². The van der Waals surface area contributed by atoms with Crippen LogP contribution in [0.1, 0.15) is 18.1 Å². The number of ether oxygens (including phenoxy) is 2. The molecule has 0 amide bonds. The predicted octanol–water partition coefficient (Wildman–Crippen LogP) is 6.08. The summed E-state index contributed by atoms with van der Waals surface area (Å²) in [4.78, 5) is 10.4. The molecular weight excluding hydrogens is 465 g/mol. The molecule has 7 nitrogen and oxygen atoms in total. The molecule has 9 heteroatoms. The van der Waals surface area contributed by atoms with E-state index in [2.05, 4.69) is 10.6 Å². The summed E-state index contributed by atoms with van der Waals surface area (Å²) in [5.41, 5.74) is 2.46. The number of non-ortho nitro benzene ring substituents is 1. The van der Waals surface area contributed by atoms with Crippen molar-refractivity contribution in [3.63, 3.8) is 0 Å². The summed E-state index contributed by atoms with van der Waals surface area (Å²) < 4.78 is 11.9. The van der Waals surface area contributed by atoms with E-state index in [0.29, 0.717) is 60.1 Å². The maximum absolute atomic E-state index is 10.8. The summed E-state index contributed by atoms with van der Waals surface area (Å²) in [7, 11) is 0. The Kier molecular flexibility index (Phi) is 9.18. The van der Waals surface area contributed by atoms with E-state index in [-0.39, 0.29) is 5.69 Å². The molecule has 0 fully saturated rings. The first-order valence-electron chi connectivity index (χ1n) is 10.5. The van der Waals surface area contributed by atoms with Crippen molar-refractivity contribution in [1.82, 2.24) is 5.32 Å². The van der Waals surface area contributed by atoms with Crippen LogP contribution in [0.2, 0.25) is 10.0 Å². The van der Waals surface area contributed by atoms with Gasteiger partial charge in [-0.1, -0.05) is 53.5 Å². The highest BCUT2D eigenvalue weighted by Gasteiger charge is 2.13. The third kappa shape index (κ3) is 6.99. The largest absolute Gasteiger partial charge is 0.490 e. The SMILES string of the molecule is CCOc1cccc(CNCCNc2ccc([N+](=O)[O-])cc2Cl)c1OCc1ccccc1Cl. The highest BCUT2D eigenvalue weighted by atomic mass is 35.5. The third-order valence-corrected chi connectivity index (χ3v) is 5.47. The van der Waals surface area contributed by atoms with E-state index in [1.165, 1.54) is 12.1 Å². The molecule has 0 atom stereocenters. The summed E-state index contributed by atoms with van der Waals surface area (Å²) in [6, 6.07) is 17.7. The zero-order chi connectivity index (χ0) is 23.6. The molecule has 0 aliphatic rings. The van der Waals surface area contributed by atoms with Crippen molar-refractivity contribution in [1.29, 1.82) is 0 Å². The number of nitro benzene ring substituents is 1. The molecule has 0 aliphatic carbocycles. The van der Waals surface area contributed by atoms with Crippen LogP contribution in [0.5, 0.6) is 11.5 Å². The lowest BCUT2D eigenvalue weighted by Gasteiger charge is -2.17. The molecule has 0 aliphatic heterocycles. The number of anilines is 1. The minimum absolute atomic E-state index is 0.0397. The monoisotopic (exact) mass is 489 g/mol. The summed E-state index contributed by atoms with van der Waals surface area (Å²) >= 11 is 12.4. The number of rotatable bonds is 12. The Bertz CT molecular complexity index is 1100.